The third-order valence-corrected chi connectivity index (χ3v) is 4.48. The third kappa shape index (κ3) is 3.35. The molecule has 0 aliphatic heterocycles. The number of aromatic nitrogens is 4. The first-order valence-electron chi connectivity index (χ1n) is 7.68. The number of hydrogen-bond donors (Lipinski definition) is 0. The summed E-state index contributed by atoms with van der Waals surface area (Å²) in [5.41, 5.74) is 3.09. The van der Waals surface area contributed by atoms with Crippen molar-refractivity contribution >= 4 is 34.4 Å². The first-order chi connectivity index (χ1) is 11.6. The van der Waals surface area contributed by atoms with Crippen LogP contribution in [0, 0.1) is 11.3 Å². The van der Waals surface area contributed by atoms with Crippen molar-refractivity contribution in [3.05, 3.63) is 51.7 Å². The highest BCUT2D eigenvalue weighted by Gasteiger charge is 2.14. The largest absolute Gasteiger partial charge is 0.315 e. The Labute approximate surface area is 149 Å². The van der Waals surface area contributed by atoms with Gasteiger partial charge in [0.2, 0.25) is 5.82 Å². The van der Waals surface area contributed by atoms with Crippen molar-refractivity contribution in [2.75, 3.05) is 0 Å². The van der Waals surface area contributed by atoms with E-state index < -0.39 is 0 Å². The molecular weight excluding hydrogens is 345 g/mol. The van der Waals surface area contributed by atoms with E-state index in [0.29, 0.717) is 27.8 Å². The second kappa shape index (κ2) is 7.16. The van der Waals surface area contributed by atoms with E-state index in [1.54, 1.807) is 18.5 Å². The average Bonchev–Trinajstić information content (AvgIpc) is 2.99. The Hall–Kier alpha value is -2.16. The summed E-state index contributed by atoms with van der Waals surface area (Å²) in [5.74, 6) is 0.149. The van der Waals surface area contributed by atoms with Gasteiger partial charge in [0.15, 0.2) is 5.65 Å². The predicted octanol–water partition coefficient (Wildman–Crippen LogP) is 4.40. The average molecular weight is 360 g/mol. The molecule has 0 saturated carbocycles. The number of nitrogens with zero attached hydrogens (tertiary/aromatic N) is 5. The minimum atomic E-state index is 0.149. The van der Waals surface area contributed by atoms with Crippen LogP contribution in [-0.2, 0) is 13.0 Å². The van der Waals surface area contributed by atoms with Gasteiger partial charge in [0.25, 0.3) is 0 Å². The zero-order valence-corrected chi connectivity index (χ0v) is 14.6. The number of unbranched alkanes of at least 4 members (excludes halogenated alkanes) is 1. The number of imidazole rings is 1. The van der Waals surface area contributed by atoms with Crippen molar-refractivity contribution in [2.24, 2.45) is 0 Å². The Morgan fingerprint density at radius 1 is 1.21 bits per heavy atom. The second-order valence-corrected chi connectivity index (χ2v) is 6.31. The van der Waals surface area contributed by atoms with Gasteiger partial charge in [0.1, 0.15) is 11.6 Å². The first-order valence-corrected chi connectivity index (χ1v) is 8.43. The first kappa shape index (κ1) is 16.7. The summed E-state index contributed by atoms with van der Waals surface area (Å²) >= 11 is 12.0. The van der Waals surface area contributed by atoms with Crippen LogP contribution in [0.5, 0.6) is 0 Å². The monoisotopic (exact) mass is 359 g/mol. The van der Waals surface area contributed by atoms with E-state index in [4.69, 9.17) is 23.2 Å². The van der Waals surface area contributed by atoms with E-state index in [1.165, 1.54) is 0 Å². The minimum Gasteiger partial charge on any atom is -0.315 e. The number of benzene rings is 1. The number of nitriles is 1. The fraction of sp³-hybridized carbons (Fsp3) is 0.294. The van der Waals surface area contributed by atoms with E-state index in [2.05, 4.69) is 21.9 Å². The van der Waals surface area contributed by atoms with Gasteiger partial charge in [0.05, 0.1) is 22.1 Å². The van der Waals surface area contributed by atoms with Crippen molar-refractivity contribution < 1.29 is 0 Å². The molecule has 0 radical (unpaired) electrons. The smallest absolute Gasteiger partial charge is 0.234 e. The summed E-state index contributed by atoms with van der Waals surface area (Å²) in [6.07, 6.45) is 4.37. The molecule has 1 aromatic carbocycles. The van der Waals surface area contributed by atoms with Crippen LogP contribution in [0.3, 0.4) is 0 Å². The summed E-state index contributed by atoms with van der Waals surface area (Å²) in [6, 6.07) is 7.48. The zero-order chi connectivity index (χ0) is 17.1. The molecule has 24 heavy (non-hydrogen) atoms. The van der Waals surface area contributed by atoms with Crippen LogP contribution >= 0.6 is 23.2 Å². The number of rotatable bonds is 5. The highest BCUT2D eigenvalue weighted by atomic mass is 35.5. The summed E-state index contributed by atoms with van der Waals surface area (Å²) < 4.78 is 1.97. The fourth-order valence-corrected chi connectivity index (χ4v) is 2.83. The van der Waals surface area contributed by atoms with E-state index in [9.17, 15) is 5.26 Å². The van der Waals surface area contributed by atoms with Crippen LogP contribution in [0.2, 0.25) is 10.0 Å². The molecule has 0 bridgehead atoms. The van der Waals surface area contributed by atoms with Crippen LogP contribution in [0.4, 0.5) is 0 Å². The Balaban J connectivity index is 2.04. The lowest BCUT2D eigenvalue weighted by atomic mass is 10.1. The van der Waals surface area contributed by atoms with Crippen molar-refractivity contribution in [2.45, 2.75) is 32.7 Å². The maximum atomic E-state index is 9.23. The SMILES string of the molecule is CCCCn1cnc2c(Cc3ccc(Cl)c(Cl)c3)nc(C#N)nc21. The lowest BCUT2D eigenvalue weighted by Crippen LogP contribution is -2.03. The maximum Gasteiger partial charge on any atom is 0.234 e. The van der Waals surface area contributed by atoms with E-state index in [-0.39, 0.29) is 5.82 Å². The van der Waals surface area contributed by atoms with Crippen LogP contribution < -0.4 is 0 Å². The highest BCUT2D eigenvalue weighted by Crippen LogP contribution is 2.25. The molecule has 0 aliphatic rings. The Bertz CT molecular complexity index is 927. The minimum absolute atomic E-state index is 0.149. The van der Waals surface area contributed by atoms with Gasteiger partial charge in [-0.1, -0.05) is 42.6 Å². The molecular formula is C17H15Cl2N5. The molecule has 0 atom stereocenters. The van der Waals surface area contributed by atoms with E-state index in [1.807, 2.05) is 16.7 Å². The summed E-state index contributed by atoms with van der Waals surface area (Å²) in [4.78, 5) is 13.1. The molecule has 7 heteroatoms. The molecule has 5 nitrogen and oxygen atoms in total. The molecule has 122 valence electrons. The molecule has 2 aromatic heterocycles. The van der Waals surface area contributed by atoms with Crippen LogP contribution in [-0.4, -0.2) is 19.5 Å². The maximum absolute atomic E-state index is 9.23. The zero-order valence-electron chi connectivity index (χ0n) is 13.1. The molecule has 0 spiro atoms. The predicted molar refractivity (Wildman–Crippen MR) is 94.2 cm³/mol. The molecule has 0 amide bonds. The van der Waals surface area contributed by atoms with Gasteiger partial charge in [-0.3, -0.25) is 0 Å². The molecule has 0 aliphatic carbocycles. The van der Waals surface area contributed by atoms with E-state index in [0.717, 1.165) is 30.5 Å². The van der Waals surface area contributed by atoms with Crippen molar-refractivity contribution in [1.82, 2.24) is 19.5 Å². The van der Waals surface area contributed by atoms with Gasteiger partial charge in [-0.15, -0.1) is 0 Å². The van der Waals surface area contributed by atoms with Gasteiger partial charge < -0.3 is 4.57 Å². The van der Waals surface area contributed by atoms with Gasteiger partial charge in [0, 0.05) is 13.0 Å². The number of aryl methyl sites for hydroxylation is 1. The molecule has 0 N–H and O–H groups in total. The Morgan fingerprint density at radius 3 is 2.75 bits per heavy atom. The van der Waals surface area contributed by atoms with Crippen LogP contribution in [0.1, 0.15) is 36.8 Å². The van der Waals surface area contributed by atoms with Gasteiger partial charge in [-0.2, -0.15) is 10.2 Å². The fourth-order valence-electron chi connectivity index (χ4n) is 2.51. The Morgan fingerprint density at radius 2 is 2.04 bits per heavy atom. The van der Waals surface area contributed by atoms with Crippen molar-refractivity contribution in [3.8, 4) is 6.07 Å². The summed E-state index contributed by atoms with van der Waals surface area (Å²) in [5, 5.41) is 10.2. The second-order valence-electron chi connectivity index (χ2n) is 5.49. The highest BCUT2D eigenvalue weighted by molar-refractivity contribution is 6.42. The van der Waals surface area contributed by atoms with Gasteiger partial charge >= 0.3 is 0 Å². The lowest BCUT2D eigenvalue weighted by molar-refractivity contribution is 0.641. The van der Waals surface area contributed by atoms with Crippen molar-refractivity contribution in [3.63, 3.8) is 0 Å². The molecule has 0 saturated heterocycles. The Kier molecular flexibility index (Phi) is 4.98. The summed E-state index contributed by atoms with van der Waals surface area (Å²) in [7, 11) is 0. The third-order valence-electron chi connectivity index (χ3n) is 3.74. The molecule has 2 heterocycles. The van der Waals surface area contributed by atoms with Crippen molar-refractivity contribution in [1.29, 1.82) is 5.26 Å². The molecule has 3 rings (SSSR count). The van der Waals surface area contributed by atoms with Crippen LogP contribution in [0.25, 0.3) is 11.2 Å². The number of hydrogen-bond acceptors (Lipinski definition) is 4. The number of fused-ring (bicyclic) bond motifs is 1. The number of halogens is 2. The summed E-state index contributed by atoms with van der Waals surface area (Å²) in [6.45, 7) is 2.95. The van der Waals surface area contributed by atoms with Gasteiger partial charge in [-0.05, 0) is 24.1 Å². The topological polar surface area (TPSA) is 67.4 Å². The standard InChI is InChI=1S/C17H15Cl2N5/c1-2-3-6-24-10-21-16-14(22-15(9-20)23-17(16)24)8-11-4-5-12(18)13(19)7-11/h4-5,7,10H,2-3,6,8H2,1H3. The molecule has 3 aromatic rings. The van der Waals surface area contributed by atoms with Gasteiger partial charge in [-0.25, -0.2) is 9.97 Å². The molecule has 0 fully saturated rings. The quantitative estimate of drug-likeness (QED) is 0.677. The lowest BCUT2D eigenvalue weighted by Gasteiger charge is -2.06. The molecule has 0 unspecified atom stereocenters. The normalized spacial score (nSPS) is 10.9. The van der Waals surface area contributed by atoms with E-state index >= 15 is 0 Å². The van der Waals surface area contributed by atoms with Crippen LogP contribution in [0.15, 0.2) is 24.5 Å².